The Morgan fingerprint density at radius 2 is 2.00 bits per heavy atom. The van der Waals surface area contributed by atoms with Gasteiger partial charge in [-0.05, 0) is 50.6 Å². The van der Waals surface area contributed by atoms with Gasteiger partial charge >= 0.3 is 0 Å². The van der Waals surface area contributed by atoms with E-state index in [2.05, 4.69) is 40.7 Å². The molecule has 7 heteroatoms. The molecule has 1 aliphatic heterocycles. The highest BCUT2D eigenvalue weighted by molar-refractivity contribution is 5.97. The molecule has 0 bridgehead atoms. The van der Waals surface area contributed by atoms with Gasteiger partial charge < -0.3 is 14.7 Å². The smallest absolute Gasteiger partial charge is 0.259 e. The van der Waals surface area contributed by atoms with Gasteiger partial charge in [-0.3, -0.25) is 14.7 Å². The number of ether oxygens (including phenoxy) is 1. The molecule has 0 unspecified atom stereocenters. The van der Waals surface area contributed by atoms with Crippen LogP contribution in [0.1, 0.15) is 67.4 Å². The Hall–Kier alpha value is -2.95. The minimum absolute atomic E-state index is 0.0450. The largest absolute Gasteiger partial charge is 0.472 e. The lowest BCUT2D eigenvalue weighted by molar-refractivity contribution is 0.0325. The van der Waals surface area contributed by atoms with Crippen molar-refractivity contribution in [2.24, 2.45) is 11.8 Å². The van der Waals surface area contributed by atoms with Crippen LogP contribution in [-0.2, 0) is 6.54 Å². The Labute approximate surface area is 214 Å². The molecule has 0 radical (unpaired) electrons. The summed E-state index contributed by atoms with van der Waals surface area (Å²) in [4.78, 5) is 26.2. The quantitative estimate of drug-likeness (QED) is 0.622. The van der Waals surface area contributed by atoms with E-state index in [0.717, 1.165) is 24.9 Å². The first kappa shape index (κ1) is 26.1. The Morgan fingerprint density at radius 3 is 2.72 bits per heavy atom. The number of aliphatic hydroxyl groups is 1. The summed E-state index contributed by atoms with van der Waals surface area (Å²) in [6.45, 7) is 5.79. The second-order valence-electron chi connectivity index (χ2n) is 10.4. The van der Waals surface area contributed by atoms with E-state index in [1.165, 1.54) is 24.8 Å². The van der Waals surface area contributed by atoms with Crippen LogP contribution >= 0.6 is 0 Å². The van der Waals surface area contributed by atoms with Crippen LogP contribution in [0.2, 0.25) is 0 Å². The summed E-state index contributed by atoms with van der Waals surface area (Å²) in [6.07, 6.45) is 11.2. The van der Waals surface area contributed by atoms with Gasteiger partial charge in [0.15, 0.2) is 0 Å². The second kappa shape index (κ2) is 12.3. The number of aliphatic hydroxyl groups excluding tert-OH is 1. The molecule has 1 aliphatic carbocycles. The number of likely N-dealkylation sites (N-methyl/N-ethyl adjacent to an activating group) is 1. The number of hydrogen-bond donors (Lipinski definition) is 1. The Morgan fingerprint density at radius 1 is 1.25 bits per heavy atom. The third kappa shape index (κ3) is 6.63. The number of carbonyl (C=O) groups excluding carboxylic acids is 1. The van der Waals surface area contributed by atoms with Gasteiger partial charge in [-0.2, -0.15) is 0 Å². The van der Waals surface area contributed by atoms with Crippen LogP contribution in [0.4, 0.5) is 0 Å². The van der Waals surface area contributed by atoms with Crippen LogP contribution in [0.5, 0.6) is 5.88 Å². The lowest BCUT2D eigenvalue weighted by atomic mass is 9.90. The summed E-state index contributed by atoms with van der Waals surface area (Å²) < 4.78 is 6.42. The predicted molar refractivity (Wildman–Crippen MR) is 139 cm³/mol. The number of carbonyl (C=O) groups is 1. The number of aromatic nitrogens is 2. The molecule has 1 fully saturated rings. The Bertz CT molecular complexity index is 1070. The first-order valence-corrected chi connectivity index (χ1v) is 13.1. The van der Waals surface area contributed by atoms with Crippen molar-refractivity contribution in [2.45, 2.75) is 64.6 Å². The molecule has 36 heavy (non-hydrogen) atoms. The molecule has 7 nitrogen and oxygen atoms in total. The van der Waals surface area contributed by atoms with Crippen molar-refractivity contribution < 1.29 is 14.6 Å². The highest BCUT2D eigenvalue weighted by Crippen LogP contribution is 2.28. The summed E-state index contributed by atoms with van der Waals surface area (Å²) in [7, 11) is 2.06. The Balaban J connectivity index is 1.59. The molecule has 2 aliphatic rings. The molecule has 1 saturated carbocycles. The fourth-order valence-electron chi connectivity index (χ4n) is 4.99. The van der Waals surface area contributed by atoms with Gasteiger partial charge in [0, 0.05) is 55.6 Å². The Kier molecular flexibility index (Phi) is 8.95. The zero-order valence-electron chi connectivity index (χ0n) is 21.7. The molecule has 1 N–H and O–H groups in total. The fraction of sp³-hybridized carbons (Fsp3) is 0.552. The SMILES string of the molecule is C[C@@H]1CN([C@@H](C)CO)C(=O)c2cc(C#CC3CCCCC3)cnc2O[C@H]1CN(C)Cc1ccncc1. The van der Waals surface area contributed by atoms with E-state index in [4.69, 9.17) is 4.74 Å². The molecule has 4 rings (SSSR count). The van der Waals surface area contributed by atoms with Crippen molar-refractivity contribution in [3.8, 4) is 17.7 Å². The van der Waals surface area contributed by atoms with Gasteiger partial charge in [0.2, 0.25) is 5.88 Å². The molecule has 3 heterocycles. The molecule has 1 amide bonds. The van der Waals surface area contributed by atoms with E-state index in [0.29, 0.717) is 30.5 Å². The van der Waals surface area contributed by atoms with E-state index in [9.17, 15) is 9.90 Å². The van der Waals surface area contributed by atoms with Crippen LogP contribution in [0.25, 0.3) is 0 Å². The highest BCUT2D eigenvalue weighted by atomic mass is 16.5. The maximum atomic E-state index is 13.6. The number of pyridine rings is 2. The van der Waals surface area contributed by atoms with Crippen molar-refractivity contribution >= 4 is 5.91 Å². The number of fused-ring (bicyclic) bond motifs is 1. The van der Waals surface area contributed by atoms with Crippen molar-refractivity contribution in [3.63, 3.8) is 0 Å². The average Bonchev–Trinajstić information content (AvgIpc) is 2.90. The minimum Gasteiger partial charge on any atom is -0.472 e. The van der Waals surface area contributed by atoms with Crippen molar-refractivity contribution in [1.82, 2.24) is 19.8 Å². The van der Waals surface area contributed by atoms with Crippen molar-refractivity contribution in [2.75, 3.05) is 26.7 Å². The number of hydrogen-bond acceptors (Lipinski definition) is 6. The number of rotatable bonds is 6. The molecule has 2 aromatic rings. The van der Waals surface area contributed by atoms with Crippen LogP contribution in [0.3, 0.4) is 0 Å². The maximum Gasteiger partial charge on any atom is 0.259 e. The molecule has 0 spiro atoms. The second-order valence-corrected chi connectivity index (χ2v) is 10.4. The van der Waals surface area contributed by atoms with Crippen molar-refractivity contribution in [1.29, 1.82) is 0 Å². The van der Waals surface area contributed by atoms with E-state index in [-0.39, 0.29) is 30.6 Å². The molecular formula is C29H38N4O3. The van der Waals surface area contributed by atoms with E-state index >= 15 is 0 Å². The molecular weight excluding hydrogens is 452 g/mol. The predicted octanol–water partition coefficient (Wildman–Crippen LogP) is 3.76. The number of amides is 1. The molecule has 2 aromatic heterocycles. The lowest BCUT2D eigenvalue weighted by Crippen LogP contribution is -2.49. The maximum absolute atomic E-state index is 13.6. The molecule has 3 atom stereocenters. The van der Waals surface area contributed by atoms with E-state index in [1.54, 1.807) is 23.5 Å². The fourth-order valence-corrected chi connectivity index (χ4v) is 4.99. The zero-order valence-corrected chi connectivity index (χ0v) is 21.7. The van der Waals surface area contributed by atoms with Gasteiger partial charge in [-0.15, -0.1) is 0 Å². The monoisotopic (exact) mass is 490 g/mol. The summed E-state index contributed by atoms with van der Waals surface area (Å²) in [6, 6.07) is 5.52. The van der Waals surface area contributed by atoms with E-state index in [1.807, 2.05) is 25.1 Å². The van der Waals surface area contributed by atoms with E-state index < -0.39 is 0 Å². The molecule has 0 aromatic carbocycles. The topological polar surface area (TPSA) is 78.8 Å². The van der Waals surface area contributed by atoms with Crippen LogP contribution in [0, 0.1) is 23.7 Å². The van der Waals surface area contributed by atoms with Crippen LogP contribution < -0.4 is 4.74 Å². The molecule has 192 valence electrons. The first-order valence-electron chi connectivity index (χ1n) is 13.1. The summed E-state index contributed by atoms with van der Waals surface area (Å²) in [5, 5.41) is 9.88. The van der Waals surface area contributed by atoms with Crippen LogP contribution in [0.15, 0.2) is 36.8 Å². The van der Waals surface area contributed by atoms with Gasteiger partial charge in [0.25, 0.3) is 5.91 Å². The van der Waals surface area contributed by atoms with Gasteiger partial charge in [-0.25, -0.2) is 4.98 Å². The summed E-state index contributed by atoms with van der Waals surface area (Å²) in [5.74, 6) is 7.28. The summed E-state index contributed by atoms with van der Waals surface area (Å²) >= 11 is 0. The van der Waals surface area contributed by atoms with Gasteiger partial charge in [0.1, 0.15) is 11.7 Å². The normalized spacial score (nSPS) is 21.6. The third-order valence-electron chi connectivity index (χ3n) is 7.24. The lowest BCUT2D eigenvalue weighted by Gasteiger charge is -2.37. The standard InChI is InChI=1S/C29H38N4O3/c1-21-17-33(22(2)20-34)29(35)26-15-25(10-9-23-7-5-4-6-8-23)16-31-28(26)36-27(21)19-32(3)18-24-11-13-30-14-12-24/h11-16,21-23,27,34H,4-8,17-20H2,1-3H3/t21-,22+,27+/m1/s1. The molecule has 0 saturated heterocycles. The third-order valence-corrected chi connectivity index (χ3v) is 7.24. The average molecular weight is 491 g/mol. The highest BCUT2D eigenvalue weighted by Gasteiger charge is 2.34. The van der Waals surface area contributed by atoms with Crippen molar-refractivity contribution in [3.05, 3.63) is 53.5 Å². The van der Waals surface area contributed by atoms with Gasteiger partial charge in [-0.1, -0.05) is 38.0 Å². The van der Waals surface area contributed by atoms with Gasteiger partial charge in [0.05, 0.1) is 12.6 Å². The van der Waals surface area contributed by atoms with Crippen LogP contribution in [-0.4, -0.2) is 69.7 Å². The number of nitrogens with zero attached hydrogens (tertiary/aromatic N) is 4. The first-order chi connectivity index (χ1) is 17.4. The zero-order chi connectivity index (χ0) is 25.5. The summed E-state index contributed by atoms with van der Waals surface area (Å²) in [5.41, 5.74) is 2.32. The minimum atomic E-state index is -0.307.